The summed E-state index contributed by atoms with van der Waals surface area (Å²) in [5.74, 6) is -0.186. The van der Waals surface area contributed by atoms with E-state index in [0.717, 1.165) is 37.2 Å². The lowest BCUT2D eigenvalue weighted by Gasteiger charge is -2.35. The smallest absolute Gasteiger partial charge is 0.143 e. The molecule has 0 spiro atoms. The van der Waals surface area contributed by atoms with Gasteiger partial charge in [-0.05, 0) is 48.6 Å². The molecule has 2 aromatic rings. The van der Waals surface area contributed by atoms with E-state index in [1.54, 1.807) is 18.5 Å². The van der Waals surface area contributed by atoms with Gasteiger partial charge in [0.25, 0.3) is 0 Å². The molecule has 1 aromatic carbocycles. The van der Waals surface area contributed by atoms with Crippen molar-refractivity contribution < 1.29 is 9.50 Å². The Hall–Kier alpha value is -1.65. The first-order valence-corrected chi connectivity index (χ1v) is 7.81. The normalized spacial score (nSPS) is 17.5. The number of hydrogen-bond acceptors (Lipinski definition) is 3. The van der Waals surface area contributed by atoms with Crippen LogP contribution in [0.5, 0.6) is 0 Å². The number of rotatable bonds is 3. The Morgan fingerprint density at radius 3 is 2.68 bits per heavy atom. The average Bonchev–Trinajstić information content (AvgIpc) is 2.58. The Bertz CT molecular complexity index is 630. The van der Waals surface area contributed by atoms with Crippen LogP contribution in [0.1, 0.15) is 24.5 Å². The minimum absolute atomic E-state index is 0.144. The molecule has 116 valence electrons. The van der Waals surface area contributed by atoms with E-state index >= 15 is 0 Å². The van der Waals surface area contributed by atoms with Gasteiger partial charge in [0.05, 0.1) is 11.1 Å². The molecule has 0 radical (unpaired) electrons. The van der Waals surface area contributed by atoms with Crippen LogP contribution in [0.25, 0.3) is 0 Å². The van der Waals surface area contributed by atoms with E-state index in [2.05, 4.69) is 9.88 Å². The maximum Gasteiger partial charge on any atom is 0.143 e. The molecule has 3 rings (SSSR count). The maximum absolute atomic E-state index is 13.6. The molecular formula is C17H18ClFN2O. The molecule has 1 saturated heterocycles. The predicted octanol–water partition coefficient (Wildman–Crippen LogP) is 3.82. The lowest BCUT2D eigenvalue weighted by atomic mass is 9.88. The molecule has 5 heteroatoms. The van der Waals surface area contributed by atoms with Gasteiger partial charge >= 0.3 is 0 Å². The molecule has 0 unspecified atom stereocenters. The molecule has 1 atom stereocenters. The zero-order valence-corrected chi connectivity index (χ0v) is 12.9. The van der Waals surface area contributed by atoms with Crippen LogP contribution in [0, 0.1) is 11.7 Å². The Balaban J connectivity index is 1.64. The molecule has 3 nitrogen and oxygen atoms in total. The fraction of sp³-hybridized carbons (Fsp3) is 0.353. The molecule has 0 saturated carbocycles. The zero-order chi connectivity index (χ0) is 15.5. The van der Waals surface area contributed by atoms with Crippen LogP contribution in [-0.4, -0.2) is 23.2 Å². The van der Waals surface area contributed by atoms with E-state index in [0.29, 0.717) is 0 Å². The summed E-state index contributed by atoms with van der Waals surface area (Å²) in [6.07, 6.45) is 4.65. The Morgan fingerprint density at radius 2 is 2.05 bits per heavy atom. The van der Waals surface area contributed by atoms with Gasteiger partial charge in [-0.3, -0.25) is 4.98 Å². The molecule has 1 aliphatic rings. The second-order valence-electron chi connectivity index (χ2n) is 5.65. The van der Waals surface area contributed by atoms with E-state index in [9.17, 15) is 9.50 Å². The summed E-state index contributed by atoms with van der Waals surface area (Å²) in [6.45, 7) is 1.59. The highest BCUT2D eigenvalue weighted by Crippen LogP contribution is 2.32. The Morgan fingerprint density at radius 1 is 1.27 bits per heavy atom. The SMILES string of the molecule is O[C@H](c1cccnc1)C1CCN(c2ccc(Cl)c(F)c2)CC1. The van der Waals surface area contributed by atoms with Crippen molar-refractivity contribution in [2.24, 2.45) is 5.92 Å². The first kappa shape index (κ1) is 15.3. The van der Waals surface area contributed by atoms with Crippen LogP contribution in [0.3, 0.4) is 0 Å². The third-order valence-electron chi connectivity index (χ3n) is 4.28. The van der Waals surface area contributed by atoms with Crippen LogP contribution >= 0.6 is 11.6 Å². The van der Waals surface area contributed by atoms with Crippen molar-refractivity contribution in [3.63, 3.8) is 0 Å². The highest BCUT2D eigenvalue weighted by molar-refractivity contribution is 6.30. The van der Waals surface area contributed by atoms with Crippen LogP contribution in [0.2, 0.25) is 5.02 Å². The van der Waals surface area contributed by atoms with Gasteiger partial charge in [-0.2, -0.15) is 0 Å². The largest absolute Gasteiger partial charge is 0.388 e. The first-order valence-electron chi connectivity index (χ1n) is 7.43. The van der Waals surface area contributed by atoms with E-state index < -0.39 is 11.9 Å². The molecule has 1 fully saturated rings. The topological polar surface area (TPSA) is 36.4 Å². The predicted molar refractivity (Wildman–Crippen MR) is 85.5 cm³/mol. The van der Waals surface area contributed by atoms with Gasteiger partial charge < -0.3 is 10.0 Å². The van der Waals surface area contributed by atoms with Crippen molar-refractivity contribution in [3.8, 4) is 0 Å². The van der Waals surface area contributed by atoms with E-state index in [4.69, 9.17) is 11.6 Å². The Labute approximate surface area is 134 Å². The number of piperidine rings is 1. The van der Waals surface area contributed by atoms with E-state index in [-0.39, 0.29) is 10.9 Å². The van der Waals surface area contributed by atoms with Gasteiger partial charge in [0.15, 0.2) is 0 Å². The standard InChI is InChI=1S/C17H18ClFN2O/c18-15-4-3-14(10-16(15)19)21-8-5-12(6-9-21)17(22)13-2-1-7-20-11-13/h1-4,7,10-12,17,22H,5-6,8-9H2/t17-/m0/s1. The number of aromatic nitrogens is 1. The second kappa shape index (κ2) is 6.63. The number of aliphatic hydroxyl groups is 1. The lowest BCUT2D eigenvalue weighted by Crippen LogP contribution is -2.35. The summed E-state index contributed by atoms with van der Waals surface area (Å²) in [5, 5.41) is 10.6. The lowest BCUT2D eigenvalue weighted by molar-refractivity contribution is 0.0926. The number of hydrogen-bond donors (Lipinski definition) is 1. The maximum atomic E-state index is 13.6. The summed E-state index contributed by atoms with van der Waals surface area (Å²) in [6, 6.07) is 8.63. The number of halogens is 2. The average molecular weight is 321 g/mol. The zero-order valence-electron chi connectivity index (χ0n) is 12.1. The van der Waals surface area contributed by atoms with E-state index in [1.807, 2.05) is 18.2 Å². The monoisotopic (exact) mass is 320 g/mol. The highest BCUT2D eigenvalue weighted by atomic mass is 35.5. The molecule has 2 heterocycles. The quantitative estimate of drug-likeness (QED) is 0.934. The molecule has 0 aliphatic carbocycles. The van der Waals surface area contributed by atoms with Crippen molar-refractivity contribution in [1.82, 2.24) is 4.98 Å². The number of nitrogens with zero attached hydrogens (tertiary/aromatic N) is 2. The van der Waals surface area contributed by atoms with Gasteiger partial charge in [-0.1, -0.05) is 17.7 Å². The summed E-state index contributed by atoms with van der Waals surface area (Å²) in [7, 11) is 0. The van der Waals surface area contributed by atoms with Crippen molar-refractivity contribution in [1.29, 1.82) is 0 Å². The number of aliphatic hydroxyl groups excluding tert-OH is 1. The van der Waals surface area contributed by atoms with Crippen LogP contribution in [-0.2, 0) is 0 Å². The van der Waals surface area contributed by atoms with E-state index in [1.165, 1.54) is 6.07 Å². The summed E-state index contributed by atoms with van der Waals surface area (Å²) >= 11 is 5.72. The number of pyridine rings is 1. The minimum Gasteiger partial charge on any atom is -0.388 e. The molecule has 1 N–H and O–H groups in total. The Kier molecular flexibility index (Phi) is 4.60. The third kappa shape index (κ3) is 3.23. The molecular weight excluding hydrogens is 303 g/mol. The fourth-order valence-electron chi connectivity index (χ4n) is 2.98. The van der Waals surface area contributed by atoms with Gasteiger partial charge in [0.1, 0.15) is 5.82 Å². The summed E-state index contributed by atoms with van der Waals surface area (Å²) in [5.41, 5.74) is 1.70. The minimum atomic E-state index is -0.488. The van der Waals surface area contributed by atoms with Crippen molar-refractivity contribution >= 4 is 17.3 Å². The van der Waals surface area contributed by atoms with Crippen LogP contribution in [0.4, 0.5) is 10.1 Å². The van der Waals surface area contributed by atoms with Gasteiger partial charge in [-0.25, -0.2) is 4.39 Å². The number of anilines is 1. The van der Waals surface area contributed by atoms with Crippen molar-refractivity contribution in [2.75, 3.05) is 18.0 Å². The van der Waals surface area contributed by atoms with Gasteiger partial charge in [-0.15, -0.1) is 0 Å². The molecule has 1 aromatic heterocycles. The molecule has 0 amide bonds. The first-order chi connectivity index (χ1) is 10.6. The van der Waals surface area contributed by atoms with Crippen LogP contribution in [0.15, 0.2) is 42.7 Å². The third-order valence-corrected chi connectivity index (χ3v) is 4.59. The van der Waals surface area contributed by atoms with Gasteiger partial charge in [0, 0.05) is 31.2 Å². The number of benzene rings is 1. The van der Waals surface area contributed by atoms with Crippen molar-refractivity contribution in [3.05, 3.63) is 59.1 Å². The second-order valence-corrected chi connectivity index (χ2v) is 6.06. The molecule has 0 bridgehead atoms. The highest BCUT2D eigenvalue weighted by Gasteiger charge is 2.26. The summed E-state index contributed by atoms with van der Waals surface area (Å²) < 4.78 is 13.6. The molecule has 22 heavy (non-hydrogen) atoms. The summed E-state index contributed by atoms with van der Waals surface area (Å²) in [4.78, 5) is 6.19. The van der Waals surface area contributed by atoms with Crippen molar-refractivity contribution in [2.45, 2.75) is 18.9 Å². The van der Waals surface area contributed by atoms with Gasteiger partial charge in [0.2, 0.25) is 0 Å². The van der Waals surface area contributed by atoms with Crippen LogP contribution < -0.4 is 4.90 Å². The molecule has 1 aliphatic heterocycles. The fourth-order valence-corrected chi connectivity index (χ4v) is 3.10.